The molecule has 2 aromatic carbocycles. The Bertz CT molecular complexity index is 1380. The number of fused-ring (bicyclic) bond motifs is 1. The number of benzene rings is 2. The van der Waals surface area contributed by atoms with Gasteiger partial charge in [0.15, 0.2) is 5.16 Å². The predicted octanol–water partition coefficient (Wildman–Crippen LogP) is 4.24. The number of halogens is 1. The molecule has 1 saturated heterocycles. The molecule has 1 aliphatic heterocycles. The van der Waals surface area contributed by atoms with E-state index in [2.05, 4.69) is 4.90 Å². The van der Waals surface area contributed by atoms with Crippen molar-refractivity contribution < 1.29 is 9.18 Å². The Morgan fingerprint density at radius 1 is 1.06 bits per heavy atom. The van der Waals surface area contributed by atoms with E-state index < -0.39 is 0 Å². The van der Waals surface area contributed by atoms with Crippen LogP contribution in [-0.4, -0.2) is 52.3 Å². The second-order valence-electron chi connectivity index (χ2n) is 8.08. The molecule has 0 bridgehead atoms. The van der Waals surface area contributed by atoms with Crippen molar-refractivity contribution >= 4 is 44.9 Å². The van der Waals surface area contributed by atoms with E-state index in [-0.39, 0.29) is 23.0 Å². The van der Waals surface area contributed by atoms with E-state index in [0.717, 1.165) is 16.8 Å². The van der Waals surface area contributed by atoms with Gasteiger partial charge in [0.2, 0.25) is 5.91 Å². The Kier molecular flexibility index (Phi) is 6.38. The van der Waals surface area contributed by atoms with E-state index in [4.69, 9.17) is 4.98 Å². The number of carbonyl (C=O) groups is 1. The molecule has 1 amide bonds. The van der Waals surface area contributed by atoms with E-state index in [1.54, 1.807) is 19.2 Å². The van der Waals surface area contributed by atoms with Crippen LogP contribution in [0.5, 0.6) is 0 Å². The molecule has 9 heteroatoms. The molecule has 2 aromatic heterocycles. The minimum absolute atomic E-state index is 0.0201. The van der Waals surface area contributed by atoms with Gasteiger partial charge < -0.3 is 9.80 Å². The summed E-state index contributed by atoms with van der Waals surface area (Å²) < 4.78 is 15.3. The molecule has 0 aliphatic carbocycles. The van der Waals surface area contributed by atoms with Crippen LogP contribution in [0.25, 0.3) is 21.3 Å². The summed E-state index contributed by atoms with van der Waals surface area (Å²) in [5.41, 5.74) is 3.49. The fourth-order valence-electron chi connectivity index (χ4n) is 4.06. The summed E-state index contributed by atoms with van der Waals surface area (Å²) >= 11 is 2.69. The highest BCUT2D eigenvalue weighted by Crippen LogP contribution is 2.32. The van der Waals surface area contributed by atoms with Crippen molar-refractivity contribution in [2.24, 2.45) is 7.05 Å². The summed E-state index contributed by atoms with van der Waals surface area (Å²) in [5, 5.41) is 2.50. The van der Waals surface area contributed by atoms with Crippen molar-refractivity contribution in [3.8, 4) is 11.1 Å². The number of nitrogens with zero attached hydrogens (tertiary/aromatic N) is 4. The lowest BCUT2D eigenvalue weighted by molar-refractivity contribution is -0.128. The highest BCUT2D eigenvalue weighted by Gasteiger charge is 2.22. The van der Waals surface area contributed by atoms with Gasteiger partial charge in [-0.15, -0.1) is 11.3 Å². The van der Waals surface area contributed by atoms with Crippen molar-refractivity contribution in [2.45, 2.75) is 5.16 Å². The van der Waals surface area contributed by atoms with E-state index in [9.17, 15) is 14.0 Å². The molecule has 0 unspecified atom stereocenters. The van der Waals surface area contributed by atoms with Crippen LogP contribution < -0.4 is 10.5 Å². The molecule has 4 aromatic rings. The second-order valence-corrected chi connectivity index (χ2v) is 9.91. The largest absolute Gasteiger partial charge is 0.368 e. The quantitative estimate of drug-likeness (QED) is 0.307. The number of aromatic nitrogens is 2. The average molecular weight is 495 g/mol. The van der Waals surface area contributed by atoms with Gasteiger partial charge in [-0.05, 0) is 29.8 Å². The molecule has 0 atom stereocenters. The molecule has 1 aliphatic rings. The number of carbonyl (C=O) groups excluding carboxylic acids is 1. The zero-order valence-corrected chi connectivity index (χ0v) is 20.2. The van der Waals surface area contributed by atoms with Crippen molar-refractivity contribution in [2.75, 3.05) is 36.8 Å². The summed E-state index contributed by atoms with van der Waals surface area (Å²) in [6, 6.07) is 16.3. The monoisotopic (exact) mass is 494 g/mol. The van der Waals surface area contributed by atoms with E-state index in [1.165, 1.54) is 39.8 Å². The average Bonchev–Trinajstić information content (AvgIpc) is 3.30. The number of anilines is 1. The Hall–Kier alpha value is -3.17. The number of thioether (sulfide) groups is 1. The summed E-state index contributed by atoms with van der Waals surface area (Å²) in [4.78, 5) is 34.6. The Morgan fingerprint density at radius 3 is 2.47 bits per heavy atom. The SMILES string of the molecule is Cn1c(SCC(=O)N2CCN(c3ccc(F)cc3)CC2)nc2c(-c3ccccc3)csc2c1=O. The van der Waals surface area contributed by atoms with Crippen LogP contribution in [0.2, 0.25) is 0 Å². The third-order valence-electron chi connectivity index (χ3n) is 5.99. The number of hydrogen-bond acceptors (Lipinski definition) is 6. The number of hydrogen-bond donors (Lipinski definition) is 0. The summed E-state index contributed by atoms with van der Waals surface area (Å²) in [7, 11) is 1.70. The van der Waals surface area contributed by atoms with Crippen LogP contribution in [0.4, 0.5) is 10.1 Å². The number of piperazine rings is 1. The lowest BCUT2D eigenvalue weighted by atomic mass is 10.1. The first-order valence-corrected chi connectivity index (χ1v) is 12.8. The summed E-state index contributed by atoms with van der Waals surface area (Å²) in [5.74, 6) is -0.0199. The van der Waals surface area contributed by atoms with Crippen molar-refractivity contribution in [3.63, 3.8) is 0 Å². The third kappa shape index (κ3) is 4.45. The van der Waals surface area contributed by atoms with Gasteiger partial charge in [-0.1, -0.05) is 42.1 Å². The van der Waals surface area contributed by atoms with Crippen LogP contribution in [-0.2, 0) is 11.8 Å². The number of rotatable bonds is 5. The summed E-state index contributed by atoms with van der Waals surface area (Å²) in [6.45, 7) is 2.59. The molecule has 0 radical (unpaired) electrons. The maximum Gasteiger partial charge on any atom is 0.271 e. The first-order valence-electron chi connectivity index (χ1n) is 11.0. The van der Waals surface area contributed by atoms with Gasteiger partial charge in [0, 0.05) is 49.9 Å². The minimum atomic E-state index is -0.255. The normalized spacial score (nSPS) is 14.1. The Morgan fingerprint density at radius 2 is 1.76 bits per heavy atom. The van der Waals surface area contributed by atoms with Gasteiger partial charge in [0.05, 0.1) is 11.3 Å². The maximum absolute atomic E-state index is 13.2. The molecular formula is C25H23FN4O2S2. The van der Waals surface area contributed by atoms with Crippen LogP contribution in [0, 0.1) is 5.82 Å². The maximum atomic E-state index is 13.2. The topological polar surface area (TPSA) is 58.4 Å². The molecule has 5 rings (SSSR count). The standard InChI is InChI=1S/C25H23FN4O2S2/c1-28-24(32)23-22(20(15-33-23)17-5-3-2-4-6-17)27-25(28)34-16-21(31)30-13-11-29(12-14-30)19-9-7-18(26)8-10-19/h2-10,15H,11-14,16H2,1H3. The van der Waals surface area contributed by atoms with Crippen molar-refractivity contribution in [3.05, 3.63) is 76.1 Å². The molecule has 1 fully saturated rings. The Labute approximate surface area is 204 Å². The third-order valence-corrected chi connectivity index (χ3v) is 7.96. The highest BCUT2D eigenvalue weighted by molar-refractivity contribution is 7.99. The van der Waals surface area contributed by atoms with Crippen LogP contribution in [0.3, 0.4) is 0 Å². The first-order chi connectivity index (χ1) is 16.5. The van der Waals surface area contributed by atoms with Gasteiger partial charge in [-0.3, -0.25) is 14.2 Å². The molecule has 174 valence electrons. The molecular weight excluding hydrogens is 471 g/mol. The molecule has 6 nitrogen and oxygen atoms in total. The zero-order valence-electron chi connectivity index (χ0n) is 18.6. The van der Waals surface area contributed by atoms with Crippen LogP contribution >= 0.6 is 23.1 Å². The second kappa shape index (κ2) is 9.60. The number of amides is 1. The van der Waals surface area contributed by atoms with Crippen LogP contribution in [0.15, 0.2) is 69.9 Å². The van der Waals surface area contributed by atoms with E-state index in [0.29, 0.717) is 41.6 Å². The van der Waals surface area contributed by atoms with Gasteiger partial charge in [0.1, 0.15) is 10.5 Å². The van der Waals surface area contributed by atoms with Crippen LogP contribution in [0.1, 0.15) is 0 Å². The first kappa shape index (κ1) is 22.6. The molecule has 3 heterocycles. The summed E-state index contributed by atoms with van der Waals surface area (Å²) in [6.07, 6.45) is 0. The Balaban J connectivity index is 1.27. The minimum Gasteiger partial charge on any atom is -0.368 e. The molecule has 0 spiro atoms. The predicted molar refractivity (Wildman–Crippen MR) is 136 cm³/mol. The molecule has 34 heavy (non-hydrogen) atoms. The smallest absolute Gasteiger partial charge is 0.271 e. The van der Waals surface area contributed by atoms with Gasteiger partial charge in [-0.2, -0.15) is 0 Å². The van der Waals surface area contributed by atoms with Gasteiger partial charge in [0.25, 0.3) is 5.56 Å². The highest BCUT2D eigenvalue weighted by atomic mass is 32.2. The molecule has 0 N–H and O–H groups in total. The van der Waals surface area contributed by atoms with Crippen molar-refractivity contribution in [1.29, 1.82) is 0 Å². The fourth-order valence-corrected chi connectivity index (χ4v) is 5.92. The number of thiophene rings is 1. The fraction of sp³-hybridized carbons (Fsp3) is 0.240. The lowest BCUT2D eigenvalue weighted by Gasteiger charge is -2.36. The van der Waals surface area contributed by atoms with Gasteiger partial charge >= 0.3 is 0 Å². The lowest BCUT2D eigenvalue weighted by Crippen LogP contribution is -2.49. The zero-order chi connectivity index (χ0) is 23.7. The van der Waals surface area contributed by atoms with E-state index >= 15 is 0 Å². The van der Waals surface area contributed by atoms with Gasteiger partial charge in [-0.25, -0.2) is 9.37 Å². The molecule has 0 saturated carbocycles. The van der Waals surface area contributed by atoms with Crippen molar-refractivity contribution in [1.82, 2.24) is 14.5 Å². The van der Waals surface area contributed by atoms with E-state index in [1.807, 2.05) is 40.6 Å².